The van der Waals surface area contributed by atoms with Gasteiger partial charge in [-0.2, -0.15) is 0 Å². The van der Waals surface area contributed by atoms with Crippen LogP contribution in [0.3, 0.4) is 0 Å². The second-order valence-corrected chi connectivity index (χ2v) is 8.14. The molecule has 1 atom stereocenters. The van der Waals surface area contributed by atoms with Gasteiger partial charge in [-0.3, -0.25) is 0 Å². The van der Waals surface area contributed by atoms with E-state index in [0.717, 1.165) is 9.65 Å². The van der Waals surface area contributed by atoms with Gasteiger partial charge in [0.05, 0.1) is 0 Å². The van der Waals surface area contributed by atoms with Gasteiger partial charge in [0.1, 0.15) is 0 Å². The van der Waals surface area contributed by atoms with E-state index in [1.165, 1.54) is 0 Å². The molecule has 0 saturated carbocycles. The van der Waals surface area contributed by atoms with Crippen LogP contribution in [-0.2, 0) is 19.1 Å². The monoisotopic (exact) mass is 456 g/mol. The molecule has 0 N–H and O–H groups in total. The number of Topliss-reactive ketones (excluding diaryl/α,β-unsaturated/α-hetero) is 1. The third-order valence-corrected chi connectivity index (χ3v) is 6.43. The molecule has 152 valence electrons. The number of hydrogen-bond donors (Lipinski definition) is 0. The van der Waals surface area contributed by atoms with E-state index in [0.29, 0.717) is 15.9 Å². The average Bonchev–Trinajstić information content (AvgIpc) is 3.10. The number of carbonyl (C=O) groups excluding carboxylic acids is 3. The van der Waals surface area contributed by atoms with Crippen LogP contribution >= 0.6 is 0 Å². The summed E-state index contributed by atoms with van der Waals surface area (Å²) >= 11 is -0.277. The molecule has 0 fully saturated rings. The van der Waals surface area contributed by atoms with E-state index in [9.17, 15) is 14.4 Å². The van der Waals surface area contributed by atoms with E-state index in [1.807, 2.05) is 12.1 Å². The van der Waals surface area contributed by atoms with Crippen LogP contribution in [0.4, 0.5) is 0 Å². The number of ketones is 1. The summed E-state index contributed by atoms with van der Waals surface area (Å²) < 4.78 is 22.1. The predicted octanol–water partition coefficient (Wildman–Crippen LogP) is 2.62. The van der Waals surface area contributed by atoms with Gasteiger partial charge in [-0.25, -0.2) is 0 Å². The average molecular weight is 455 g/mol. The number of benzene rings is 1. The molecule has 0 aliphatic rings. The first-order chi connectivity index (χ1) is 13.4. The van der Waals surface area contributed by atoms with Gasteiger partial charge in [0.15, 0.2) is 0 Å². The number of fused-ring (bicyclic) bond motifs is 1. The molecule has 7 nitrogen and oxygen atoms in total. The summed E-state index contributed by atoms with van der Waals surface area (Å²) in [4.78, 5) is 37.0. The summed E-state index contributed by atoms with van der Waals surface area (Å²) in [5, 5.41) is 0.869. The molecule has 28 heavy (non-hydrogen) atoms. The number of rotatable bonds is 10. The molecule has 2 rings (SSSR count). The fraction of sp³-hybridized carbons (Fsp3) is 0.450. The fourth-order valence-corrected chi connectivity index (χ4v) is 4.99. The van der Waals surface area contributed by atoms with Gasteiger partial charge in [0.2, 0.25) is 0 Å². The summed E-state index contributed by atoms with van der Waals surface area (Å²) in [6, 6.07) is 5.44. The Hall–Kier alpha value is -2.31. The van der Waals surface area contributed by atoms with E-state index in [1.54, 1.807) is 34.1 Å². The van der Waals surface area contributed by atoms with Gasteiger partial charge in [0.25, 0.3) is 0 Å². The van der Waals surface area contributed by atoms with Crippen molar-refractivity contribution in [2.45, 2.75) is 26.7 Å². The van der Waals surface area contributed by atoms with Gasteiger partial charge in [-0.15, -0.1) is 0 Å². The van der Waals surface area contributed by atoms with Crippen molar-refractivity contribution in [1.82, 2.24) is 0 Å². The molecule has 1 heterocycles. The van der Waals surface area contributed by atoms with Gasteiger partial charge < -0.3 is 0 Å². The third kappa shape index (κ3) is 5.14. The molecule has 0 aliphatic carbocycles. The second-order valence-electron chi connectivity index (χ2n) is 5.87. The Morgan fingerprint density at radius 1 is 0.964 bits per heavy atom. The Morgan fingerprint density at radius 2 is 1.61 bits per heavy atom. The third-order valence-electron chi connectivity index (χ3n) is 4.10. The van der Waals surface area contributed by atoms with Crippen LogP contribution in [-0.4, -0.2) is 59.7 Å². The SMILES string of the molecule is CCOC(=O)CCC(C(=O)OCC)C(=O)c1cc2cc(OC)c(OC)cc2[se]1. The number of esters is 2. The Morgan fingerprint density at radius 3 is 2.21 bits per heavy atom. The summed E-state index contributed by atoms with van der Waals surface area (Å²) in [6.45, 7) is 3.81. The number of ether oxygens (including phenoxy) is 4. The van der Waals surface area contributed by atoms with E-state index >= 15 is 0 Å². The summed E-state index contributed by atoms with van der Waals surface area (Å²) in [5.41, 5.74) is 0. The van der Waals surface area contributed by atoms with Crippen molar-refractivity contribution in [2.24, 2.45) is 5.92 Å². The van der Waals surface area contributed by atoms with Crippen molar-refractivity contribution in [2.75, 3.05) is 27.4 Å². The molecule has 1 aromatic heterocycles. The van der Waals surface area contributed by atoms with Crippen LogP contribution in [0.15, 0.2) is 18.2 Å². The molecule has 0 bridgehead atoms. The normalized spacial score (nSPS) is 11.7. The molecule has 0 radical (unpaired) electrons. The number of methoxy groups -OCH3 is 2. The van der Waals surface area contributed by atoms with E-state index < -0.39 is 17.9 Å². The number of carbonyl (C=O) groups is 3. The zero-order valence-electron chi connectivity index (χ0n) is 16.4. The maximum atomic E-state index is 13.0. The first-order valence-electron chi connectivity index (χ1n) is 8.97. The van der Waals surface area contributed by atoms with Gasteiger partial charge in [-0.1, -0.05) is 0 Å². The summed E-state index contributed by atoms with van der Waals surface area (Å²) in [7, 11) is 3.10. The quantitative estimate of drug-likeness (QED) is 0.236. The molecule has 2 aromatic rings. The van der Waals surface area contributed by atoms with Crippen LogP contribution in [0.5, 0.6) is 11.5 Å². The maximum absolute atomic E-state index is 13.0. The van der Waals surface area contributed by atoms with Crippen LogP contribution < -0.4 is 9.47 Å². The zero-order chi connectivity index (χ0) is 20.7. The van der Waals surface area contributed by atoms with Gasteiger partial charge in [-0.05, 0) is 0 Å². The van der Waals surface area contributed by atoms with Crippen molar-refractivity contribution >= 4 is 41.9 Å². The van der Waals surface area contributed by atoms with Crippen molar-refractivity contribution in [3.8, 4) is 11.5 Å². The first kappa shape index (κ1) is 22.0. The molecule has 0 amide bonds. The predicted molar refractivity (Wildman–Crippen MR) is 104 cm³/mol. The van der Waals surface area contributed by atoms with Crippen molar-refractivity contribution < 1.29 is 33.3 Å². The van der Waals surface area contributed by atoms with E-state index in [-0.39, 0.29) is 46.3 Å². The Balaban J connectivity index is 2.31. The van der Waals surface area contributed by atoms with Crippen LogP contribution in [0.25, 0.3) is 9.65 Å². The molecule has 0 saturated heterocycles. The second kappa shape index (κ2) is 10.3. The first-order valence-corrected chi connectivity index (χ1v) is 10.7. The van der Waals surface area contributed by atoms with Crippen LogP contribution in [0.2, 0.25) is 0 Å². The zero-order valence-corrected chi connectivity index (χ0v) is 18.1. The van der Waals surface area contributed by atoms with Gasteiger partial charge >= 0.3 is 169 Å². The Labute approximate surface area is 169 Å². The molecule has 1 unspecified atom stereocenters. The molecular formula is C20H24O7Se. The van der Waals surface area contributed by atoms with Crippen molar-refractivity contribution in [1.29, 1.82) is 0 Å². The van der Waals surface area contributed by atoms with E-state index in [2.05, 4.69) is 0 Å². The van der Waals surface area contributed by atoms with Crippen LogP contribution in [0, 0.1) is 5.92 Å². The fourth-order valence-electron chi connectivity index (χ4n) is 2.75. The Bertz CT molecular complexity index is 815. The number of hydrogen-bond acceptors (Lipinski definition) is 7. The minimum atomic E-state index is -1.02. The van der Waals surface area contributed by atoms with Crippen molar-refractivity contribution in [3.05, 3.63) is 22.6 Å². The molecule has 0 aliphatic heterocycles. The van der Waals surface area contributed by atoms with Gasteiger partial charge in [0, 0.05) is 0 Å². The molecule has 8 heteroatoms. The molecule has 0 spiro atoms. The standard InChI is InChI=1S/C20H24O7Se/c1-5-26-18(21)8-7-13(20(23)27-6-2)19(22)17-10-12-9-14(24-3)15(25-4)11-16(12)28-17/h9-11,13H,5-8H2,1-4H3. The molecular weight excluding hydrogens is 431 g/mol. The van der Waals surface area contributed by atoms with Crippen LogP contribution in [0.1, 0.15) is 35.9 Å². The minimum absolute atomic E-state index is 0.0159. The molecule has 1 aromatic carbocycles. The van der Waals surface area contributed by atoms with Crippen molar-refractivity contribution in [3.63, 3.8) is 0 Å². The van der Waals surface area contributed by atoms with E-state index in [4.69, 9.17) is 18.9 Å². The summed E-state index contributed by atoms with van der Waals surface area (Å²) in [5.74, 6) is -1.21. The topological polar surface area (TPSA) is 88.1 Å². The Kier molecular flexibility index (Phi) is 8.08. The summed E-state index contributed by atoms with van der Waals surface area (Å²) in [6.07, 6.45) is 0.0465.